The lowest BCUT2D eigenvalue weighted by Gasteiger charge is -2.31. The van der Waals surface area contributed by atoms with Gasteiger partial charge in [0.1, 0.15) is 19.3 Å². The van der Waals surface area contributed by atoms with Gasteiger partial charge in [-0.15, -0.1) is 0 Å². The standard InChI is InChI=1S/C28H42N4O2.2ClH/c1-6-7-10-19-26(29-27(33)22-31(2,3)20-24-15-11-8-12-16-24)30-28(34)23-32(4,5)21-25-17-13-9-14-18-25;;/h8-9,11-18,26H,6-7,10,19-23H2,1-5H3;2*1H. The first kappa shape index (κ1) is 33.9. The molecule has 0 bridgehead atoms. The Morgan fingerprint density at radius 1 is 0.694 bits per heavy atom. The molecule has 0 aliphatic carbocycles. The van der Waals surface area contributed by atoms with Crippen molar-refractivity contribution in [2.24, 2.45) is 0 Å². The van der Waals surface area contributed by atoms with Gasteiger partial charge in [0.05, 0.1) is 28.2 Å². The monoisotopic (exact) mass is 538 g/mol. The Bertz CT molecular complexity index is 823. The number of halogens is 2. The van der Waals surface area contributed by atoms with E-state index in [-0.39, 0.29) is 42.8 Å². The topological polar surface area (TPSA) is 58.2 Å². The largest absolute Gasteiger partial charge is 1.00 e. The number of unbranched alkanes of at least 4 members (excludes halogenated alkanes) is 2. The van der Waals surface area contributed by atoms with Crippen LogP contribution in [0.4, 0.5) is 0 Å². The van der Waals surface area contributed by atoms with Crippen molar-refractivity contribution < 1.29 is 43.4 Å². The Labute approximate surface area is 230 Å². The fourth-order valence-corrected chi connectivity index (χ4v) is 4.30. The number of hydrogen-bond acceptors (Lipinski definition) is 2. The zero-order valence-corrected chi connectivity index (χ0v) is 24.0. The van der Waals surface area contributed by atoms with Gasteiger partial charge in [-0.2, -0.15) is 0 Å². The molecule has 0 aromatic heterocycles. The van der Waals surface area contributed by atoms with Crippen LogP contribution in [0.3, 0.4) is 0 Å². The maximum absolute atomic E-state index is 12.9. The molecule has 0 aliphatic rings. The third kappa shape index (κ3) is 13.8. The van der Waals surface area contributed by atoms with E-state index in [1.54, 1.807) is 0 Å². The lowest BCUT2D eigenvalue weighted by Crippen LogP contribution is -3.00. The van der Waals surface area contributed by atoms with Gasteiger partial charge in [-0.05, 0) is 12.8 Å². The summed E-state index contributed by atoms with van der Waals surface area (Å²) in [6, 6.07) is 20.4. The van der Waals surface area contributed by atoms with Crippen LogP contribution >= 0.6 is 0 Å². The van der Waals surface area contributed by atoms with Crippen LogP contribution in [-0.2, 0) is 22.7 Å². The smallest absolute Gasteiger partial charge is 0.276 e. The Morgan fingerprint density at radius 2 is 1.08 bits per heavy atom. The molecule has 0 saturated heterocycles. The van der Waals surface area contributed by atoms with Gasteiger partial charge in [0.25, 0.3) is 11.8 Å². The van der Waals surface area contributed by atoms with Gasteiger partial charge in [0.15, 0.2) is 13.1 Å². The minimum absolute atomic E-state index is 0. The molecule has 0 atom stereocenters. The zero-order chi connectivity index (χ0) is 25.0. The number of carbonyl (C=O) groups excluding carboxylic acids is 2. The van der Waals surface area contributed by atoms with E-state index in [9.17, 15) is 9.59 Å². The minimum Gasteiger partial charge on any atom is -1.00 e. The van der Waals surface area contributed by atoms with Gasteiger partial charge in [-0.25, -0.2) is 0 Å². The molecule has 2 N–H and O–H groups in total. The summed E-state index contributed by atoms with van der Waals surface area (Å²) in [5, 5.41) is 6.18. The van der Waals surface area contributed by atoms with E-state index < -0.39 is 0 Å². The molecule has 0 spiro atoms. The molecular weight excluding hydrogens is 495 g/mol. The van der Waals surface area contributed by atoms with E-state index >= 15 is 0 Å². The highest BCUT2D eigenvalue weighted by Gasteiger charge is 2.26. The quantitative estimate of drug-likeness (QED) is 0.161. The molecular formula is C28H44Cl2N4O2. The molecule has 8 heteroatoms. The van der Waals surface area contributed by atoms with Crippen molar-refractivity contribution in [1.82, 2.24) is 10.6 Å². The SMILES string of the molecule is CCCCCC(NC(=O)C[N+](C)(C)Cc1ccccc1)NC(=O)C[N+](C)(C)Cc1ccccc1.[Cl-].[Cl-]. The predicted octanol–water partition coefficient (Wildman–Crippen LogP) is -2.31. The van der Waals surface area contributed by atoms with E-state index in [0.29, 0.717) is 22.1 Å². The second-order valence-corrected chi connectivity index (χ2v) is 10.7. The van der Waals surface area contributed by atoms with Crippen LogP contribution in [0.5, 0.6) is 0 Å². The van der Waals surface area contributed by atoms with Crippen molar-refractivity contribution in [2.45, 2.75) is 51.9 Å². The van der Waals surface area contributed by atoms with Crippen molar-refractivity contribution in [3.63, 3.8) is 0 Å². The van der Waals surface area contributed by atoms with E-state index in [2.05, 4.69) is 70.0 Å². The molecule has 36 heavy (non-hydrogen) atoms. The Morgan fingerprint density at radius 3 is 1.44 bits per heavy atom. The fraction of sp³-hybridized carbons (Fsp3) is 0.500. The van der Waals surface area contributed by atoms with Crippen molar-refractivity contribution >= 4 is 11.8 Å². The summed E-state index contributed by atoms with van der Waals surface area (Å²) in [4.78, 5) is 25.8. The Hall–Kier alpha value is -2.12. The van der Waals surface area contributed by atoms with Crippen LogP contribution in [0.25, 0.3) is 0 Å². The number of nitrogens with one attached hydrogen (secondary N) is 2. The number of nitrogens with zero attached hydrogens (tertiary/aromatic N) is 2. The molecule has 0 fully saturated rings. The molecule has 0 radical (unpaired) electrons. The van der Waals surface area contributed by atoms with Gasteiger partial charge in [0.2, 0.25) is 0 Å². The number of hydrogen-bond donors (Lipinski definition) is 2. The minimum atomic E-state index is -0.347. The summed E-state index contributed by atoms with van der Waals surface area (Å²) < 4.78 is 1.10. The van der Waals surface area contributed by atoms with Gasteiger partial charge >= 0.3 is 0 Å². The van der Waals surface area contributed by atoms with E-state index in [1.807, 2.05) is 36.4 Å². The first-order valence-corrected chi connectivity index (χ1v) is 12.4. The molecule has 0 unspecified atom stereocenters. The predicted molar refractivity (Wildman–Crippen MR) is 138 cm³/mol. The fourth-order valence-electron chi connectivity index (χ4n) is 4.30. The van der Waals surface area contributed by atoms with Crippen LogP contribution < -0.4 is 35.4 Å². The van der Waals surface area contributed by atoms with Gasteiger partial charge in [-0.3, -0.25) is 9.59 Å². The van der Waals surface area contributed by atoms with Crippen molar-refractivity contribution in [3.05, 3.63) is 71.8 Å². The first-order chi connectivity index (χ1) is 16.1. The van der Waals surface area contributed by atoms with Gasteiger partial charge in [-0.1, -0.05) is 80.4 Å². The molecule has 202 valence electrons. The number of quaternary nitrogens is 2. The summed E-state index contributed by atoms with van der Waals surface area (Å²) in [6.07, 6.45) is 3.53. The van der Waals surface area contributed by atoms with Gasteiger partial charge in [0, 0.05) is 11.1 Å². The first-order valence-electron chi connectivity index (χ1n) is 12.4. The van der Waals surface area contributed by atoms with Crippen molar-refractivity contribution in [3.8, 4) is 0 Å². The second kappa shape index (κ2) is 16.6. The molecule has 2 aromatic rings. The van der Waals surface area contributed by atoms with Crippen molar-refractivity contribution in [2.75, 3.05) is 41.3 Å². The van der Waals surface area contributed by atoms with Crippen LogP contribution in [0.1, 0.15) is 43.7 Å². The summed E-state index contributed by atoms with van der Waals surface area (Å²) in [7, 11) is 8.23. The van der Waals surface area contributed by atoms with Gasteiger partial charge < -0.3 is 44.4 Å². The number of amides is 2. The highest BCUT2D eigenvalue weighted by Crippen LogP contribution is 2.11. The van der Waals surface area contributed by atoms with Crippen LogP contribution in [0.15, 0.2) is 60.7 Å². The normalized spacial score (nSPS) is 11.3. The van der Waals surface area contributed by atoms with Crippen LogP contribution in [0, 0.1) is 0 Å². The van der Waals surface area contributed by atoms with E-state index in [1.165, 1.54) is 11.1 Å². The third-order valence-corrected chi connectivity index (χ3v) is 5.82. The molecule has 0 aliphatic heterocycles. The Kier molecular flexibility index (Phi) is 15.6. The summed E-state index contributed by atoms with van der Waals surface area (Å²) in [5.74, 6) is -0.0819. The molecule has 6 nitrogen and oxygen atoms in total. The number of likely N-dealkylation sites (N-methyl/N-ethyl adjacent to an activating group) is 2. The molecule has 0 saturated carbocycles. The third-order valence-electron chi connectivity index (χ3n) is 5.82. The molecule has 2 rings (SSSR count). The lowest BCUT2D eigenvalue weighted by molar-refractivity contribution is -0.896. The average molecular weight is 540 g/mol. The maximum Gasteiger partial charge on any atom is 0.276 e. The summed E-state index contributed by atoms with van der Waals surface area (Å²) >= 11 is 0. The van der Waals surface area contributed by atoms with E-state index in [0.717, 1.165) is 38.8 Å². The number of benzene rings is 2. The highest BCUT2D eigenvalue weighted by molar-refractivity contribution is 5.80. The Balaban J connectivity index is 0.00000612. The molecule has 0 heterocycles. The maximum atomic E-state index is 12.9. The summed E-state index contributed by atoms with van der Waals surface area (Å²) in [6.45, 7) is 4.40. The van der Waals surface area contributed by atoms with Crippen LogP contribution in [-0.4, -0.2) is 68.2 Å². The number of rotatable bonds is 14. The zero-order valence-electron chi connectivity index (χ0n) is 22.5. The molecule has 2 amide bonds. The highest BCUT2D eigenvalue weighted by atomic mass is 35.5. The average Bonchev–Trinajstić information content (AvgIpc) is 2.73. The number of carbonyl (C=O) groups is 2. The lowest BCUT2D eigenvalue weighted by atomic mass is 10.1. The van der Waals surface area contributed by atoms with Crippen LogP contribution in [0.2, 0.25) is 0 Å². The summed E-state index contributed by atoms with van der Waals surface area (Å²) in [5.41, 5.74) is 2.40. The van der Waals surface area contributed by atoms with Crippen molar-refractivity contribution in [1.29, 1.82) is 0 Å². The molecule has 2 aromatic carbocycles. The second-order valence-electron chi connectivity index (χ2n) is 10.7. The van der Waals surface area contributed by atoms with E-state index in [4.69, 9.17) is 0 Å².